The summed E-state index contributed by atoms with van der Waals surface area (Å²) < 4.78 is 18.4. The molecule has 0 spiro atoms. The summed E-state index contributed by atoms with van der Waals surface area (Å²) in [6.45, 7) is 3.03. The second kappa shape index (κ2) is 11.1. The minimum atomic E-state index is -0.393. The summed E-state index contributed by atoms with van der Waals surface area (Å²) in [5.74, 6) is -0.307. The number of hydrogen-bond acceptors (Lipinski definition) is 11. The molecule has 14 nitrogen and oxygen atoms in total. The fourth-order valence-electron chi connectivity index (χ4n) is 5.41. The van der Waals surface area contributed by atoms with Crippen LogP contribution in [-0.4, -0.2) is 81.7 Å². The third-order valence-corrected chi connectivity index (χ3v) is 7.57. The second-order valence-electron chi connectivity index (χ2n) is 9.94. The zero-order valence-electron chi connectivity index (χ0n) is 23.8. The first-order valence-electron chi connectivity index (χ1n) is 13.7. The molecule has 0 unspecified atom stereocenters. The number of pyridine rings is 2. The molecule has 1 saturated heterocycles. The fraction of sp³-hybridized carbons (Fsp3) is 0.310. The van der Waals surface area contributed by atoms with Crippen molar-refractivity contribution in [3.05, 3.63) is 58.3 Å². The maximum Gasteiger partial charge on any atom is 0.261 e. The summed E-state index contributed by atoms with van der Waals surface area (Å²) in [6.07, 6.45) is 3.21. The molecule has 1 aromatic carbocycles. The molecule has 1 aliphatic rings. The molecule has 2 amide bonds. The third kappa shape index (κ3) is 4.79. The van der Waals surface area contributed by atoms with Crippen LogP contribution < -0.4 is 20.4 Å². The summed E-state index contributed by atoms with van der Waals surface area (Å²) in [4.78, 5) is 56.4. The van der Waals surface area contributed by atoms with Crippen molar-refractivity contribution in [3.63, 3.8) is 0 Å². The van der Waals surface area contributed by atoms with Gasteiger partial charge in [0.25, 0.3) is 5.91 Å². The first-order valence-corrected chi connectivity index (χ1v) is 13.7. The lowest BCUT2D eigenvalue weighted by Crippen LogP contribution is -2.50. The summed E-state index contributed by atoms with van der Waals surface area (Å²) in [5, 5.41) is 13.1. The van der Waals surface area contributed by atoms with Gasteiger partial charge in [0.2, 0.25) is 28.7 Å². The van der Waals surface area contributed by atoms with Crippen LogP contribution in [0, 0.1) is 0 Å². The van der Waals surface area contributed by atoms with Crippen LogP contribution in [0.2, 0.25) is 0 Å². The molecule has 1 fully saturated rings. The van der Waals surface area contributed by atoms with Gasteiger partial charge in [-0.05, 0) is 24.6 Å². The highest BCUT2D eigenvalue weighted by molar-refractivity contribution is 6.06. The van der Waals surface area contributed by atoms with E-state index in [1.54, 1.807) is 40.9 Å². The van der Waals surface area contributed by atoms with Gasteiger partial charge in [0.1, 0.15) is 29.1 Å². The number of fused-ring (bicyclic) bond motifs is 2. The number of benzene rings is 1. The van der Waals surface area contributed by atoms with Gasteiger partial charge in [-0.25, -0.2) is 9.97 Å². The maximum atomic E-state index is 14.0. The second-order valence-corrected chi connectivity index (χ2v) is 9.94. The van der Waals surface area contributed by atoms with Crippen LogP contribution in [0.3, 0.4) is 0 Å². The number of phenols is 1. The average molecular weight is 588 g/mol. The van der Waals surface area contributed by atoms with E-state index in [0.29, 0.717) is 47.9 Å². The van der Waals surface area contributed by atoms with Gasteiger partial charge in [-0.3, -0.25) is 14.4 Å². The van der Waals surface area contributed by atoms with Crippen molar-refractivity contribution in [2.45, 2.75) is 19.9 Å². The Morgan fingerprint density at radius 2 is 1.91 bits per heavy atom. The molecule has 5 aromatic rings. The number of anilines is 1. The van der Waals surface area contributed by atoms with Crippen LogP contribution in [0.4, 0.5) is 5.69 Å². The van der Waals surface area contributed by atoms with Crippen molar-refractivity contribution in [2.75, 3.05) is 45.2 Å². The molecule has 1 aliphatic heterocycles. The number of oxazole rings is 2. The Balaban J connectivity index is 1.38. The lowest BCUT2D eigenvalue weighted by molar-refractivity contribution is -0.121. The highest BCUT2D eigenvalue weighted by Crippen LogP contribution is 2.31. The summed E-state index contributed by atoms with van der Waals surface area (Å²) >= 11 is 0. The Morgan fingerprint density at radius 3 is 2.63 bits per heavy atom. The molecule has 5 heterocycles. The van der Waals surface area contributed by atoms with E-state index in [0.717, 1.165) is 0 Å². The number of methoxy groups -OCH3 is 1. The number of aromatic nitrogens is 4. The minimum Gasteiger partial charge on any atom is -0.507 e. The van der Waals surface area contributed by atoms with Crippen molar-refractivity contribution < 1.29 is 28.3 Å². The number of piperazine rings is 1. The van der Waals surface area contributed by atoms with Crippen LogP contribution in [0.1, 0.15) is 23.0 Å². The standard InChI is InChI=1S/C29H29N7O7/c1-4-18-23(34-9-11-35(12-10-34)29(40)22-19(37)6-5-17-25(22)42-15-32-17)24(39)26-27(36(18)14-20(38)30-2)33-28(43-26)16-7-8-31-21(13-16)41-3/h5-8,13,15,37H,4,9-12,14H2,1-3H3,(H,30,38). The van der Waals surface area contributed by atoms with Crippen LogP contribution in [0.25, 0.3) is 33.8 Å². The molecule has 0 aliphatic carbocycles. The van der Waals surface area contributed by atoms with E-state index in [4.69, 9.17) is 13.6 Å². The summed E-state index contributed by atoms with van der Waals surface area (Å²) in [5.41, 5.74) is 2.22. The van der Waals surface area contributed by atoms with Crippen molar-refractivity contribution in [2.24, 2.45) is 0 Å². The SMILES string of the molecule is CCc1c(N2CCN(C(=O)c3c(O)ccc4ncoc34)CC2)c(=O)c2oc(-c3ccnc(OC)c3)nc2n1CC(=O)NC. The third-order valence-electron chi connectivity index (χ3n) is 7.57. The molecule has 0 bridgehead atoms. The Kier molecular flexibility index (Phi) is 7.17. The molecular formula is C29H29N7O7. The van der Waals surface area contributed by atoms with Crippen molar-refractivity contribution in [1.82, 2.24) is 29.7 Å². The number of likely N-dealkylation sites (N-methyl/N-ethyl adjacent to an activating group) is 1. The number of rotatable bonds is 7. The number of aromatic hydroxyl groups is 1. The van der Waals surface area contributed by atoms with E-state index >= 15 is 0 Å². The topological polar surface area (TPSA) is 169 Å². The van der Waals surface area contributed by atoms with Gasteiger partial charge in [-0.15, -0.1) is 0 Å². The minimum absolute atomic E-state index is 0.0160. The Hall–Kier alpha value is -5.40. The van der Waals surface area contributed by atoms with E-state index in [9.17, 15) is 19.5 Å². The number of phenolic OH excluding ortho intramolecular Hbond substituents is 1. The van der Waals surface area contributed by atoms with E-state index in [1.807, 2.05) is 11.8 Å². The number of carbonyl (C=O) groups is 2. The molecule has 2 N–H and O–H groups in total. The first-order chi connectivity index (χ1) is 20.8. The molecule has 14 heteroatoms. The average Bonchev–Trinajstić information content (AvgIpc) is 3.70. The smallest absolute Gasteiger partial charge is 0.261 e. The van der Waals surface area contributed by atoms with E-state index in [1.165, 1.54) is 19.6 Å². The van der Waals surface area contributed by atoms with E-state index in [-0.39, 0.29) is 65.0 Å². The predicted molar refractivity (Wildman–Crippen MR) is 155 cm³/mol. The van der Waals surface area contributed by atoms with E-state index < -0.39 is 5.91 Å². The number of amides is 2. The zero-order chi connectivity index (χ0) is 30.2. The molecule has 222 valence electrons. The van der Waals surface area contributed by atoms with Crippen LogP contribution in [-0.2, 0) is 17.8 Å². The summed E-state index contributed by atoms with van der Waals surface area (Å²) in [7, 11) is 3.04. The Bertz CT molecular complexity index is 1920. The van der Waals surface area contributed by atoms with Crippen LogP contribution >= 0.6 is 0 Å². The molecule has 0 radical (unpaired) electrons. The van der Waals surface area contributed by atoms with Gasteiger partial charge in [0.05, 0.1) is 7.11 Å². The molecular weight excluding hydrogens is 558 g/mol. The zero-order valence-corrected chi connectivity index (χ0v) is 23.8. The quantitative estimate of drug-likeness (QED) is 0.286. The molecule has 0 atom stereocenters. The van der Waals surface area contributed by atoms with Crippen molar-refractivity contribution in [3.8, 4) is 23.1 Å². The van der Waals surface area contributed by atoms with E-state index in [2.05, 4.69) is 20.3 Å². The van der Waals surface area contributed by atoms with Crippen LogP contribution in [0.15, 0.2) is 50.5 Å². The molecule has 4 aromatic heterocycles. The lowest BCUT2D eigenvalue weighted by atomic mass is 10.1. The normalized spacial score (nSPS) is 13.6. The van der Waals surface area contributed by atoms with Gasteiger partial charge in [0.15, 0.2) is 17.6 Å². The van der Waals surface area contributed by atoms with Gasteiger partial charge < -0.3 is 38.4 Å². The Morgan fingerprint density at radius 1 is 1.12 bits per heavy atom. The first kappa shape index (κ1) is 27.8. The lowest BCUT2D eigenvalue weighted by Gasteiger charge is -2.37. The molecule has 43 heavy (non-hydrogen) atoms. The molecule has 6 rings (SSSR count). The number of carbonyl (C=O) groups excluding carboxylic acids is 2. The highest BCUT2D eigenvalue weighted by atomic mass is 16.5. The maximum absolute atomic E-state index is 14.0. The van der Waals surface area contributed by atoms with Crippen LogP contribution in [0.5, 0.6) is 11.6 Å². The largest absolute Gasteiger partial charge is 0.507 e. The number of ether oxygens (including phenoxy) is 1. The number of nitrogens with one attached hydrogen (secondary N) is 1. The fourth-order valence-corrected chi connectivity index (χ4v) is 5.41. The molecule has 0 saturated carbocycles. The van der Waals surface area contributed by atoms with Crippen molar-refractivity contribution in [1.29, 1.82) is 0 Å². The predicted octanol–water partition coefficient (Wildman–Crippen LogP) is 2.18. The monoisotopic (exact) mass is 587 g/mol. The van der Waals surface area contributed by atoms with Gasteiger partial charge in [0, 0.05) is 56.7 Å². The van der Waals surface area contributed by atoms with Crippen molar-refractivity contribution >= 4 is 39.8 Å². The number of nitrogens with zero attached hydrogens (tertiary/aromatic N) is 6. The van der Waals surface area contributed by atoms with Gasteiger partial charge >= 0.3 is 0 Å². The van der Waals surface area contributed by atoms with Gasteiger partial charge in [-0.2, -0.15) is 4.98 Å². The highest BCUT2D eigenvalue weighted by Gasteiger charge is 2.31. The van der Waals surface area contributed by atoms with Gasteiger partial charge in [-0.1, -0.05) is 6.92 Å². The Labute approximate surface area is 244 Å². The number of hydrogen-bond donors (Lipinski definition) is 2. The summed E-state index contributed by atoms with van der Waals surface area (Å²) in [6, 6.07) is 6.33.